The van der Waals surface area contributed by atoms with Gasteiger partial charge in [0.2, 0.25) is 5.91 Å². The van der Waals surface area contributed by atoms with E-state index >= 15 is 0 Å². The van der Waals surface area contributed by atoms with Gasteiger partial charge < -0.3 is 14.7 Å². The Morgan fingerprint density at radius 1 is 1.18 bits per heavy atom. The second-order valence-corrected chi connectivity index (χ2v) is 4.32. The predicted molar refractivity (Wildman–Crippen MR) is 68.9 cm³/mol. The minimum absolute atomic E-state index is 0.0368. The van der Waals surface area contributed by atoms with Crippen LogP contribution < -0.4 is 0 Å². The lowest BCUT2D eigenvalue weighted by Crippen LogP contribution is -2.30. The maximum absolute atomic E-state index is 11.7. The van der Waals surface area contributed by atoms with Crippen LogP contribution in [0.25, 0.3) is 0 Å². The van der Waals surface area contributed by atoms with E-state index in [9.17, 15) is 4.79 Å². The van der Waals surface area contributed by atoms with Gasteiger partial charge in [-0.1, -0.05) is 32.6 Å². The summed E-state index contributed by atoms with van der Waals surface area (Å²) in [6.45, 7) is 3.67. The number of ether oxygens (including phenoxy) is 1. The highest BCUT2D eigenvalue weighted by Crippen LogP contribution is 2.06. The fraction of sp³-hybridized carbons (Fsp3) is 0.923. The van der Waals surface area contributed by atoms with Gasteiger partial charge in [0, 0.05) is 20.0 Å². The van der Waals surface area contributed by atoms with Crippen LogP contribution in [0, 0.1) is 0 Å². The van der Waals surface area contributed by atoms with E-state index in [4.69, 9.17) is 9.84 Å². The van der Waals surface area contributed by atoms with Crippen molar-refractivity contribution in [1.29, 1.82) is 0 Å². The lowest BCUT2D eigenvalue weighted by atomic mass is 10.1. The first-order valence-electron chi connectivity index (χ1n) is 6.65. The molecule has 1 N–H and O–H groups in total. The smallest absolute Gasteiger partial charge is 0.222 e. The Balaban J connectivity index is 3.40. The number of rotatable bonds is 11. The molecule has 0 saturated carbocycles. The number of amides is 1. The summed E-state index contributed by atoms with van der Waals surface area (Å²) in [7, 11) is 1.80. The molecule has 0 aromatic carbocycles. The van der Waals surface area contributed by atoms with E-state index in [1.54, 1.807) is 11.9 Å². The van der Waals surface area contributed by atoms with Gasteiger partial charge in [0.1, 0.15) is 0 Å². The maximum atomic E-state index is 11.7. The summed E-state index contributed by atoms with van der Waals surface area (Å²) in [6, 6.07) is 0. The summed E-state index contributed by atoms with van der Waals surface area (Å²) in [5.41, 5.74) is 0. The fourth-order valence-corrected chi connectivity index (χ4v) is 1.56. The topological polar surface area (TPSA) is 49.8 Å². The second-order valence-electron chi connectivity index (χ2n) is 4.32. The van der Waals surface area contributed by atoms with E-state index in [1.165, 1.54) is 19.3 Å². The SMILES string of the molecule is CCCCCCCC(=O)N(C)CCOCCO. The third-order valence-electron chi connectivity index (χ3n) is 2.73. The summed E-state index contributed by atoms with van der Waals surface area (Å²) in [5, 5.41) is 8.52. The summed E-state index contributed by atoms with van der Waals surface area (Å²) in [4.78, 5) is 13.4. The minimum Gasteiger partial charge on any atom is -0.394 e. The van der Waals surface area contributed by atoms with Crippen LogP contribution in [0.2, 0.25) is 0 Å². The molecule has 0 aliphatic carbocycles. The monoisotopic (exact) mass is 245 g/mol. The molecule has 17 heavy (non-hydrogen) atoms. The third kappa shape index (κ3) is 10.3. The number of carbonyl (C=O) groups is 1. The fourth-order valence-electron chi connectivity index (χ4n) is 1.56. The summed E-state index contributed by atoms with van der Waals surface area (Å²) >= 11 is 0. The first kappa shape index (κ1) is 16.4. The van der Waals surface area contributed by atoms with Crippen LogP contribution >= 0.6 is 0 Å². The summed E-state index contributed by atoms with van der Waals surface area (Å²) < 4.78 is 5.12. The largest absolute Gasteiger partial charge is 0.394 e. The highest BCUT2D eigenvalue weighted by Gasteiger charge is 2.07. The van der Waals surface area contributed by atoms with Crippen molar-refractivity contribution in [2.45, 2.75) is 45.4 Å². The van der Waals surface area contributed by atoms with Crippen molar-refractivity contribution < 1.29 is 14.6 Å². The van der Waals surface area contributed by atoms with Crippen LogP contribution in [0.15, 0.2) is 0 Å². The average Bonchev–Trinajstić information content (AvgIpc) is 2.34. The van der Waals surface area contributed by atoms with Crippen molar-refractivity contribution >= 4 is 5.91 Å². The van der Waals surface area contributed by atoms with E-state index < -0.39 is 0 Å². The van der Waals surface area contributed by atoms with Gasteiger partial charge in [0.15, 0.2) is 0 Å². The maximum Gasteiger partial charge on any atom is 0.222 e. The highest BCUT2D eigenvalue weighted by atomic mass is 16.5. The van der Waals surface area contributed by atoms with E-state index in [1.807, 2.05) is 0 Å². The van der Waals surface area contributed by atoms with Crippen molar-refractivity contribution in [2.24, 2.45) is 0 Å². The van der Waals surface area contributed by atoms with E-state index in [-0.39, 0.29) is 12.5 Å². The minimum atomic E-state index is 0.0368. The zero-order valence-electron chi connectivity index (χ0n) is 11.3. The average molecular weight is 245 g/mol. The van der Waals surface area contributed by atoms with Crippen molar-refractivity contribution in [3.05, 3.63) is 0 Å². The molecule has 0 aliphatic rings. The molecule has 4 heteroatoms. The standard InChI is InChI=1S/C13H27NO3/c1-3-4-5-6-7-8-13(16)14(2)9-11-17-12-10-15/h15H,3-12H2,1-2H3. The number of hydrogen-bond donors (Lipinski definition) is 1. The van der Waals surface area contributed by atoms with Gasteiger partial charge >= 0.3 is 0 Å². The molecule has 1 amide bonds. The van der Waals surface area contributed by atoms with Crippen LogP contribution in [0.3, 0.4) is 0 Å². The third-order valence-corrected chi connectivity index (χ3v) is 2.73. The van der Waals surface area contributed by atoms with Crippen molar-refractivity contribution in [1.82, 2.24) is 4.90 Å². The lowest BCUT2D eigenvalue weighted by molar-refractivity contribution is -0.130. The van der Waals surface area contributed by atoms with Crippen LogP contribution in [0.4, 0.5) is 0 Å². The summed E-state index contributed by atoms with van der Waals surface area (Å²) in [5.74, 6) is 0.189. The number of aliphatic hydroxyl groups is 1. The summed E-state index contributed by atoms with van der Waals surface area (Å²) in [6.07, 6.45) is 6.50. The number of nitrogens with zero attached hydrogens (tertiary/aromatic N) is 1. The first-order valence-corrected chi connectivity index (χ1v) is 6.65. The van der Waals surface area contributed by atoms with Crippen molar-refractivity contribution in [3.8, 4) is 0 Å². The Bertz CT molecular complexity index is 186. The second kappa shape index (κ2) is 11.9. The number of unbranched alkanes of at least 4 members (excludes halogenated alkanes) is 4. The van der Waals surface area contributed by atoms with Crippen LogP contribution in [-0.2, 0) is 9.53 Å². The van der Waals surface area contributed by atoms with Gasteiger partial charge in [-0.25, -0.2) is 0 Å². The van der Waals surface area contributed by atoms with Gasteiger partial charge in [0.05, 0.1) is 19.8 Å². The van der Waals surface area contributed by atoms with E-state index in [2.05, 4.69) is 6.92 Å². The molecule has 0 rings (SSSR count). The molecule has 0 atom stereocenters. The number of aliphatic hydroxyl groups excluding tert-OH is 1. The molecule has 0 bridgehead atoms. The molecule has 0 fully saturated rings. The molecule has 102 valence electrons. The quantitative estimate of drug-likeness (QED) is 0.565. The zero-order chi connectivity index (χ0) is 12.9. The number of likely N-dealkylation sites (N-methyl/N-ethyl adjacent to an activating group) is 1. The molecular formula is C13H27NO3. The van der Waals surface area contributed by atoms with Gasteiger partial charge in [-0.05, 0) is 6.42 Å². The molecule has 0 aromatic rings. The molecule has 0 unspecified atom stereocenters. The molecule has 0 saturated heterocycles. The van der Waals surface area contributed by atoms with Crippen LogP contribution in [-0.4, -0.2) is 49.3 Å². The normalized spacial score (nSPS) is 10.5. The Morgan fingerprint density at radius 2 is 1.88 bits per heavy atom. The van der Waals surface area contributed by atoms with Gasteiger partial charge in [0.25, 0.3) is 0 Å². The molecule has 0 spiro atoms. The van der Waals surface area contributed by atoms with E-state index in [0.29, 0.717) is 26.2 Å². The van der Waals surface area contributed by atoms with Crippen molar-refractivity contribution in [2.75, 3.05) is 33.4 Å². The molecular weight excluding hydrogens is 218 g/mol. The first-order chi connectivity index (χ1) is 8.22. The Kier molecular flexibility index (Phi) is 11.4. The van der Waals surface area contributed by atoms with Gasteiger partial charge in [-0.3, -0.25) is 4.79 Å². The van der Waals surface area contributed by atoms with E-state index in [0.717, 1.165) is 12.8 Å². The zero-order valence-corrected chi connectivity index (χ0v) is 11.3. The molecule has 0 aliphatic heterocycles. The Hall–Kier alpha value is -0.610. The van der Waals surface area contributed by atoms with Crippen LogP contribution in [0.1, 0.15) is 45.4 Å². The Labute approximate surface area is 105 Å². The lowest BCUT2D eigenvalue weighted by Gasteiger charge is -2.16. The molecule has 0 aromatic heterocycles. The van der Waals surface area contributed by atoms with Gasteiger partial charge in [-0.2, -0.15) is 0 Å². The number of carbonyl (C=O) groups excluding carboxylic acids is 1. The number of hydrogen-bond acceptors (Lipinski definition) is 3. The highest BCUT2D eigenvalue weighted by molar-refractivity contribution is 5.75. The molecule has 0 radical (unpaired) electrons. The van der Waals surface area contributed by atoms with Gasteiger partial charge in [-0.15, -0.1) is 0 Å². The molecule has 4 nitrogen and oxygen atoms in total. The predicted octanol–water partition coefficient (Wildman–Crippen LogP) is 1.81. The van der Waals surface area contributed by atoms with Crippen LogP contribution in [0.5, 0.6) is 0 Å². The van der Waals surface area contributed by atoms with Crippen molar-refractivity contribution in [3.63, 3.8) is 0 Å². The molecule has 0 heterocycles. The Morgan fingerprint density at radius 3 is 2.53 bits per heavy atom.